The Morgan fingerprint density at radius 1 is 1.31 bits per heavy atom. The molecule has 0 spiro atoms. The molecule has 0 radical (unpaired) electrons. The Morgan fingerprint density at radius 3 is 2.94 bits per heavy atom. The Labute approximate surface area is 96.8 Å². The van der Waals surface area contributed by atoms with Crippen molar-refractivity contribution < 1.29 is 0 Å². The Hall–Kier alpha value is -1.81. The second-order valence-corrected chi connectivity index (χ2v) is 4.02. The number of nitrogens with one attached hydrogen (secondary N) is 1. The largest absolute Gasteiger partial charge is 0.276 e. The first kappa shape index (κ1) is 9.42. The number of aryl methyl sites for hydroxylation is 1. The summed E-state index contributed by atoms with van der Waals surface area (Å²) in [5.41, 5.74) is 2.93. The zero-order chi connectivity index (χ0) is 11.1. The van der Waals surface area contributed by atoms with Gasteiger partial charge in [-0.3, -0.25) is 5.10 Å². The summed E-state index contributed by atoms with van der Waals surface area (Å²) in [6.45, 7) is 2.00. The van der Waals surface area contributed by atoms with Gasteiger partial charge in [0.2, 0.25) is 0 Å². The zero-order valence-corrected chi connectivity index (χ0v) is 9.36. The summed E-state index contributed by atoms with van der Waals surface area (Å²) < 4.78 is 1.86. The lowest BCUT2D eigenvalue weighted by molar-refractivity contribution is 0.850. The lowest BCUT2D eigenvalue weighted by atomic mass is 10.2. The average Bonchev–Trinajstić information content (AvgIpc) is 2.88. The quantitative estimate of drug-likeness (QED) is 0.701. The molecule has 0 bridgehead atoms. The summed E-state index contributed by atoms with van der Waals surface area (Å²) in [6.07, 6.45) is 3.49. The van der Waals surface area contributed by atoms with E-state index in [1.807, 2.05) is 29.8 Å². The van der Waals surface area contributed by atoms with E-state index in [0.717, 1.165) is 22.3 Å². The lowest BCUT2D eigenvalue weighted by Gasteiger charge is -2.06. The van der Waals surface area contributed by atoms with Crippen LogP contribution < -0.4 is 0 Å². The first-order valence-electron chi connectivity index (χ1n) is 4.90. The van der Waals surface area contributed by atoms with Gasteiger partial charge in [0.05, 0.1) is 22.4 Å². The topological polar surface area (TPSA) is 46.5 Å². The Balaban J connectivity index is 2.37. The highest BCUT2D eigenvalue weighted by molar-refractivity contribution is 6.35. The van der Waals surface area contributed by atoms with Crippen molar-refractivity contribution in [2.24, 2.45) is 0 Å². The molecule has 0 unspecified atom stereocenters. The van der Waals surface area contributed by atoms with Crippen molar-refractivity contribution in [3.63, 3.8) is 0 Å². The second-order valence-electron chi connectivity index (χ2n) is 3.61. The van der Waals surface area contributed by atoms with Gasteiger partial charge in [0, 0.05) is 17.3 Å². The number of halogens is 1. The van der Waals surface area contributed by atoms with E-state index < -0.39 is 0 Å². The van der Waals surface area contributed by atoms with E-state index in [1.165, 1.54) is 0 Å². The summed E-state index contributed by atoms with van der Waals surface area (Å²) in [4.78, 5) is 0. The number of rotatable bonds is 1. The maximum Gasteiger partial charge on any atom is 0.0922 e. The monoisotopic (exact) mass is 232 g/mol. The minimum Gasteiger partial charge on any atom is -0.276 e. The molecule has 0 aliphatic carbocycles. The van der Waals surface area contributed by atoms with Crippen molar-refractivity contribution in [1.29, 1.82) is 0 Å². The van der Waals surface area contributed by atoms with Crippen LogP contribution in [0.5, 0.6) is 0 Å². The summed E-state index contributed by atoms with van der Waals surface area (Å²) in [5.74, 6) is 0. The number of hydrogen-bond donors (Lipinski definition) is 1. The minimum absolute atomic E-state index is 0.692. The molecule has 0 atom stereocenters. The van der Waals surface area contributed by atoms with Crippen LogP contribution >= 0.6 is 11.6 Å². The smallest absolute Gasteiger partial charge is 0.0922 e. The first-order valence-corrected chi connectivity index (χ1v) is 5.28. The third-order valence-corrected chi connectivity index (χ3v) is 2.93. The van der Waals surface area contributed by atoms with Crippen LogP contribution in [-0.4, -0.2) is 20.0 Å². The molecule has 4 nitrogen and oxygen atoms in total. The molecule has 1 aromatic carbocycles. The summed E-state index contributed by atoms with van der Waals surface area (Å²) in [5, 5.41) is 12.8. The highest BCUT2D eigenvalue weighted by atomic mass is 35.5. The Morgan fingerprint density at radius 2 is 2.19 bits per heavy atom. The predicted molar refractivity (Wildman–Crippen MR) is 63.0 cm³/mol. The normalized spacial score (nSPS) is 11.1. The Bertz CT molecular complexity index is 653. The van der Waals surface area contributed by atoms with Gasteiger partial charge in [0.15, 0.2) is 0 Å². The molecule has 5 heteroatoms. The lowest BCUT2D eigenvalue weighted by Crippen LogP contribution is -1.99. The number of hydrogen-bond acceptors (Lipinski definition) is 2. The van der Waals surface area contributed by atoms with Gasteiger partial charge in [-0.05, 0) is 25.1 Å². The molecule has 1 N–H and O–H groups in total. The van der Waals surface area contributed by atoms with Gasteiger partial charge < -0.3 is 0 Å². The van der Waals surface area contributed by atoms with Gasteiger partial charge in [-0.1, -0.05) is 11.6 Å². The highest BCUT2D eigenvalue weighted by Crippen LogP contribution is 2.27. The van der Waals surface area contributed by atoms with Crippen LogP contribution in [0, 0.1) is 6.92 Å². The van der Waals surface area contributed by atoms with Gasteiger partial charge in [0.1, 0.15) is 0 Å². The SMILES string of the molecule is Cc1ccnn1-c1ccc(Cl)c2cn[nH]c12. The number of aromatic amines is 1. The number of nitrogens with zero attached hydrogens (tertiary/aromatic N) is 3. The van der Waals surface area contributed by atoms with Gasteiger partial charge in [0.25, 0.3) is 0 Å². The van der Waals surface area contributed by atoms with Crippen LogP contribution in [0.3, 0.4) is 0 Å². The van der Waals surface area contributed by atoms with Crippen molar-refractivity contribution in [1.82, 2.24) is 20.0 Å². The third-order valence-electron chi connectivity index (χ3n) is 2.60. The van der Waals surface area contributed by atoms with E-state index in [0.29, 0.717) is 5.02 Å². The van der Waals surface area contributed by atoms with Gasteiger partial charge in [-0.25, -0.2) is 4.68 Å². The average molecular weight is 233 g/mol. The molecule has 0 fully saturated rings. The predicted octanol–water partition coefficient (Wildman–Crippen LogP) is 2.71. The fraction of sp³-hybridized carbons (Fsp3) is 0.0909. The maximum atomic E-state index is 6.08. The molecular formula is C11H9ClN4. The fourth-order valence-corrected chi connectivity index (χ4v) is 1.99. The van der Waals surface area contributed by atoms with Crippen molar-refractivity contribution in [2.75, 3.05) is 0 Å². The van der Waals surface area contributed by atoms with E-state index in [9.17, 15) is 0 Å². The van der Waals surface area contributed by atoms with Crippen molar-refractivity contribution in [2.45, 2.75) is 6.92 Å². The van der Waals surface area contributed by atoms with Crippen LogP contribution in [-0.2, 0) is 0 Å². The molecule has 0 saturated heterocycles. The standard InChI is InChI=1S/C11H9ClN4/c1-7-4-5-14-16(7)10-3-2-9(12)8-6-13-15-11(8)10/h2-6H,1H3,(H,13,15). The molecule has 0 aliphatic rings. The summed E-state index contributed by atoms with van der Waals surface area (Å²) >= 11 is 6.08. The first-order chi connectivity index (χ1) is 7.77. The molecule has 16 heavy (non-hydrogen) atoms. The zero-order valence-electron chi connectivity index (χ0n) is 8.61. The van der Waals surface area contributed by atoms with Gasteiger partial charge in [-0.15, -0.1) is 0 Å². The van der Waals surface area contributed by atoms with Gasteiger partial charge in [-0.2, -0.15) is 10.2 Å². The van der Waals surface area contributed by atoms with E-state index in [1.54, 1.807) is 12.4 Å². The van der Waals surface area contributed by atoms with Crippen LogP contribution in [0.15, 0.2) is 30.6 Å². The summed E-state index contributed by atoms with van der Waals surface area (Å²) in [7, 11) is 0. The molecule has 0 aliphatic heterocycles. The van der Waals surface area contributed by atoms with Crippen molar-refractivity contribution in [3.8, 4) is 5.69 Å². The van der Waals surface area contributed by atoms with Crippen molar-refractivity contribution >= 4 is 22.5 Å². The molecule has 0 amide bonds. The van der Waals surface area contributed by atoms with E-state index in [-0.39, 0.29) is 0 Å². The van der Waals surface area contributed by atoms with Crippen molar-refractivity contribution in [3.05, 3.63) is 41.3 Å². The molecule has 2 heterocycles. The molecule has 0 saturated carbocycles. The second kappa shape index (κ2) is 3.35. The van der Waals surface area contributed by atoms with E-state index in [2.05, 4.69) is 15.3 Å². The minimum atomic E-state index is 0.692. The fourth-order valence-electron chi connectivity index (χ4n) is 1.79. The molecule has 80 valence electrons. The molecule has 3 aromatic rings. The number of fused-ring (bicyclic) bond motifs is 1. The van der Waals surface area contributed by atoms with E-state index in [4.69, 9.17) is 11.6 Å². The molecule has 3 rings (SSSR count). The number of aromatic nitrogens is 4. The van der Waals surface area contributed by atoms with Gasteiger partial charge >= 0.3 is 0 Å². The van der Waals surface area contributed by atoms with Crippen LogP contribution in [0.2, 0.25) is 5.02 Å². The maximum absolute atomic E-state index is 6.08. The summed E-state index contributed by atoms with van der Waals surface area (Å²) in [6, 6.07) is 5.75. The van der Waals surface area contributed by atoms with Crippen LogP contribution in [0.1, 0.15) is 5.69 Å². The number of benzene rings is 1. The Kier molecular flexibility index (Phi) is 1.97. The molecule has 2 aromatic heterocycles. The number of H-pyrrole nitrogens is 1. The highest BCUT2D eigenvalue weighted by Gasteiger charge is 2.09. The third kappa shape index (κ3) is 1.23. The van der Waals surface area contributed by atoms with E-state index >= 15 is 0 Å². The van der Waals surface area contributed by atoms with Crippen LogP contribution in [0.4, 0.5) is 0 Å². The van der Waals surface area contributed by atoms with Crippen LogP contribution in [0.25, 0.3) is 16.6 Å². The molecular weight excluding hydrogens is 224 g/mol.